The third-order valence-corrected chi connectivity index (χ3v) is 3.08. The summed E-state index contributed by atoms with van der Waals surface area (Å²) in [7, 11) is 0. The van der Waals surface area contributed by atoms with E-state index in [-0.39, 0.29) is 0 Å². The molecule has 14 heavy (non-hydrogen) atoms. The summed E-state index contributed by atoms with van der Waals surface area (Å²) < 4.78 is 10.5. The zero-order valence-electron chi connectivity index (χ0n) is 8.57. The Morgan fingerprint density at radius 3 is 2.57 bits per heavy atom. The summed E-state index contributed by atoms with van der Waals surface area (Å²) in [6.45, 7) is 5.83. The third kappa shape index (κ3) is 2.67. The first kappa shape index (κ1) is 10.4. The van der Waals surface area contributed by atoms with Gasteiger partial charge in [0.1, 0.15) is 0 Å². The van der Waals surface area contributed by atoms with Crippen molar-refractivity contribution in [2.45, 2.75) is 18.4 Å². The molecule has 4 heteroatoms. The van der Waals surface area contributed by atoms with E-state index >= 15 is 0 Å². The molecule has 1 atom stereocenters. The molecule has 0 amide bonds. The molecule has 1 unspecified atom stereocenters. The van der Waals surface area contributed by atoms with Gasteiger partial charge in [-0.1, -0.05) is 0 Å². The van der Waals surface area contributed by atoms with Gasteiger partial charge in [-0.15, -0.1) is 0 Å². The van der Waals surface area contributed by atoms with Gasteiger partial charge in [-0.3, -0.25) is 4.90 Å². The van der Waals surface area contributed by atoms with E-state index in [2.05, 4.69) is 4.90 Å². The van der Waals surface area contributed by atoms with E-state index < -0.39 is 5.60 Å². The van der Waals surface area contributed by atoms with E-state index in [4.69, 9.17) is 9.47 Å². The fourth-order valence-electron chi connectivity index (χ4n) is 1.98. The molecule has 2 fully saturated rings. The summed E-state index contributed by atoms with van der Waals surface area (Å²) >= 11 is 0. The molecule has 0 aliphatic carbocycles. The lowest BCUT2D eigenvalue weighted by molar-refractivity contribution is -0.00658. The minimum absolute atomic E-state index is 0.511. The van der Waals surface area contributed by atoms with Crippen LogP contribution in [-0.4, -0.2) is 61.7 Å². The maximum Gasteiger partial charge on any atom is 0.0914 e. The molecule has 0 saturated carbocycles. The average Bonchev–Trinajstić information content (AvgIpc) is 2.65. The van der Waals surface area contributed by atoms with Gasteiger partial charge >= 0.3 is 0 Å². The monoisotopic (exact) mass is 201 g/mol. The Bertz CT molecular complexity index is 174. The van der Waals surface area contributed by atoms with Crippen LogP contribution >= 0.6 is 0 Å². The smallest absolute Gasteiger partial charge is 0.0914 e. The normalized spacial score (nSPS) is 34.9. The SMILES string of the molecule is OC1(CCN2CCOCC2)CCOC1. The second-order valence-electron chi connectivity index (χ2n) is 4.23. The van der Waals surface area contributed by atoms with E-state index in [1.165, 1.54) is 0 Å². The van der Waals surface area contributed by atoms with Crippen LogP contribution in [0.3, 0.4) is 0 Å². The van der Waals surface area contributed by atoms with Crippen LogP contribution in [0.1, 0.15) is 12.8 Å². The predicted molar refractivity (Wildman–Crippen MR) is 52.3 cm³/mol. The van der Waals surface area contributed by atoms with Crippen LogP contribution in [0.5, 0.6) is 0 Å². The largest absolute Gasteiger partial charge is 0.387 e. The van der Waals surface area contributed by atoms with Crippen molar-refractivity contribution in [2.24, 2.45) is 0 Å². The highest BCUT2D eigenvalue weighted by Gasteiger charge is 2.32. The van der Waals surface area contributed by atoms with Crippen molar-refractivity contribution in [3.63, 3.8) is 0 Å². The third-order valence-electron chi connectivity index (χ3n) is 3.08. The van der Waals surface area contributed by atoms with Gasteiger partial charge in [0.05, 0.1) is 25.4 Å². The zero-order chi connectivity index (χ0) is 9.86. The molecule has 2 heterocycles. The lowest BCUT2D eigenvalue weighted by atomic mass is 9.99. The Balaban J connectivity index is 1.70. The molecule has 2 saturated heterocycles. The number of morpholine rings is 1. The van der Waals surface area contributed by atoms with Crippen LogP contribution in [0.2, 0.25) is 0 Å². The average molecular weight is 201 g/mol. The fourth-order valence-corrected chi connectivity index (χ4v) is 1.98. The molecule has 0 aromatic rings. The molecule has 0 aromatic heterocycles. The summed E-state index contributed by atoms with van der Waals surface area (Å²) in [5, 5.41) is 10.0. The van der Waals surface area contributed by atoms with Crippen molar-refractivity contribution in [3.8, 4) is 0 Å². The van der Waals surface area contributed by atoms with Crippen LogP contribution in [-0.2, 0) is 9.47 Å². The van der Waals surface area contributed by atoms with Crippen LogP contribution in [0.25, 0.3) is 0 Å². The predicted octanol–water partition coefficient (Wildman–Crippen LogP) is -0.140. The minimum Gasteiger partial charge on any atom is -0.387 e. The van der Waals surface area contributed by atoms with Gasteiger partial charge in [0, 0.05) is 32.7 Å². The molecule has 2 aliphatic heterocycles. The van der Waals surface area contributed by atoms with Gasteiger partial charge in [-0.2, -0.15) is 0 Å². The minimum atomic E-state index is -0.557. The van der Waals surface area contributed by atoms with Gasteiger partial charge in [0.25, 0.3) is 0 Å². The standard InChI is InChI=1S/C10H19NO3/c12-10(2-6-14-9-10)1-3-11-4-7-13-8-5-11/h12H,1-9H2. The van der Waals surface area contributed by atoms with Crippen molar-refractivity contribution in [1.29, 1.82) is 0 Å². The highest BCUT2D eigenvalue weighted by atomic mass is 16.5. The Morgan fingerprint density at radius 2 is 1.93 bits per heavy atom. The molecule has 0 radical (unpaired) electrons. The summed E-state index contributed by atoms with van der Waals surface area (Å²) in [5.74, 6) is 0. The zero-order valence-corrected chi connectivity index (χ0v) is 8.57. The van der Waals surface area contributed by atoms with Crippen LogP contribution in [0, 0.1) is 0 Å². The Labute approximate surface area is 84.8 Å². The first-order valence-corrected chi connectivity index (χ1v) is 5.39. The van der Waals surface area contributed by atoms with Crippen molar-refractivity contribution in [3.05, 3.63) is 0 Å². The molecular formula is C10H19NO3. The molecule has 2 aliphatic rings. The molecule has 1 N–H and O–H groups in total. The quantitative estimate of drug-likeness (QED) is 0.690. The number of nitrogens with zero attached hydrogens (tertiary/aromatic N) is 1. The van der Waals surface area contributed by atoms with E-state index in [9.17, 15) is 5.11 Å². The Morgan fingerprint density at radius 1 is 1.14 bits per heavy atom. The van der Waals surface area contributed by atoms with Crippen LogP contribution in [0.4, 0.5) is 0 Å². The molecule has 82 valence electrons. The maximum atomic E-state index is 10.0. The number of rotatable bonds is 3. The summed E-state index contributed by atoms with van der Waals surface area (Å²) in [4.78, 5) is 2.35. The number of aliphatic hydroxyl groups is 1. The Hall–Kier alpha value is -0.160. The van der Waals surface area contributed by atoms with Crippen LogP contribution in [0.15, 0.2) is 0 Å². The Kier molecular flexibility index (Phi) is 3.38. The maximum absolute atomic E-state index is 10.0. The molecule has 4 nitrogen and oxygen atoms in total. The van der Waals surface area contributed by atoms with Crippen molar-refractivity contribution < 1.29 is 14.6 Å². The first-order chi connectivity index (χ1) is 6.79. The van der Waals surface area contributed by atoms with E-state index in [0.717, 1.165) is 45.7 Å². The van der Waals surface area contributed by atoms with Crippen molar-refractivity contribution >= 4 is 0 Å². The highest BCUT2D eigenvalue weighted by Crippen LogP contribution is 2.22. The molecule has 0 aromatic carbocycles. The lowest BCUT2D eigenvalue weighted by Crippen LogP contribution is -2.41. The van der Waals surface area contributed by atoms with E-state index in [1.807, 2.05) is 0 Å². The van der Waals surface area contributed by atoms with Gasteiger partial charge in [-0.25, -0.2) is 0 Å². The van der Waals surface area contributed by atoms with Gasteiger partial charge in [0.2, 0.25) is 0 Å². The topological polar surface area (TPSA) is 41.9 Å². The lowest BCUT2D eigenvalue weighted by Gasteiger charge is -2.29. The van der Waals surface area contributed by atoms with Crippen molar-refractivity contribution in [1.82, 2.24) is 4.90 Å². The van der Waals surface area contributed by atoms with Crippen LogP contribution < -0.4 is 0 Å². The summed E-state index contributed by atoms with van der Waals surface area (Å²) in [6.07, 6.45) is 1.62. The molecule has 0 spiro atoms. The van der Waals surface area contributed by atoms with Gasteiger partial charge < -0.3 is 14.6 Å². The summed E-state index contributed by atoms with van der Waals surface area (Å²) in [6, 6.07) is 0. The first-order valence-electron chi connectivity index (χ1n) is 5.39. The molecule has 2 rings (SSSR count). The molecular weight excluding hydrogens is 182 g/mol. The van der Waals surface area contributed by atoms with E-state index in [1.54, 1.807) is 0 Å². The second-order valence-corrected chi connectivity index (χ2v) is 4.23. The van der Waals surface area contributed by atoms with E-state index in [0.29, 0.717) is 13.2 Å². The molecule has 0 bridgehead atoms. The fraction of sp³-hybridized carbons (Fsp3) is 1.00. The van der Waals surface area contributed by atoms with Gasteiger partial charge in [-0.05, 0) is 6.42 Å². The number of ether oxygens (including phenoxy) is 2. The number of hydrogen-bond acceptors (Lipinski definition) is 4. The number of hydrogen-bond donors (Lipinski definition) is 1. The second kappa shape index (κ2) is 4.57. The van der Waals surface area contributed by atoms with Crippen molar-refractivity contribution in [2.75, 3.05) is 46.1 Å². The van der Waals surface area contributed by atoms with Gasteiger partial charge in [0.15, 0.2) is 0 Å². The summed E-state index contributed by atoms with van der Waals surface area (Å²) in [5.41, 5.74) is -0.557. The highest BCUT2D eigenvalue weighted by molar-refractivity contribution is 4.83.